The molecule has 9 nitrogen and oxygen atoms in total. The van der Waals surface area contributed by atoms with Crippen LogP contribution in [-0.4, -0.2) is 46.1 Å². The van der Waals surface area contributed by atoms with E-state index in [0.717, 1.165) is 17.1 Å². The van der Waals surface area contributed by atoms with Crippen LogP contribution in [0.1, 0.15) is 44.7 Å². The van der Waals surface area contributed by atoms with Crippen LogP contribution in [0, 0.1) is 26.9 Å². The molecule has 0 radical (unpaired) electrons. The molecular weight excluding hydrogens is 573 g/mol. The summed E-state index contributed by atoms with van der Waals surface area (Å²) in [4.78, 5) is 26.3. The highest BCUT2D eigenvalue weighted by Crippen LogP contribution is 2.71. The van der Waals surface area contributed by atoms with E-state index in [1.165, 1.54) is 6.07 Å². The van der Waals surface area contributed by atoms with Crippen molar-refractivity contribution < 1.29 is 22.7 Å². The van der Waals surface area contributed by atoms with E-state index in [9.17, 15) is 23.3 Å². The third kappa shape index (κ3) is 3.55. The smallest absolute Gasteiger partial charge is 0.274 e. The van der Waals surface area contributed by atoms with Crippen LogP contribution in [-0.2, 0) is 19.4 Å². The van der Waals surface area contributed by atoms with Gasteiger partial charge in [0.25, 0.3) is 11.6 Å². The Kier molecular flexibility index (Phi) is 5.95. The lowest BCUT2D eigenvalue weighted by Crippen LogP contribution is -2.46. The molecule has 3 aromatic rings. The largest absolute Gasteiger partial charge is 0.296 e. The van der Waals surface area contributed by atoms with Gasteiger partial charge in [0.1, 0.15) is 6.04 Å². The van der Waals surface area contributed by atoms with Crippen LogP contribution in [0.2, 0.25) is 0 Å². The zero-order valence-corrected chi connectivity index (χ0v) is 25.1. The Balaban J connectivity index is 1.40. The van der Waals surface area contributed by atoms with Crippen LogP contribution >= 0.6 is 7.29 Å². The van der Waals surface area contributed by atoms with Gasteiger partial charge in [0.2, 0.25) is 17.3 Å². The van der Waals surface area contributed by atoms with Crippen molar-refractivity contribution in [2.24, 2.45) is 16.7 Å². The third-order valence-corrected chi connectivity index (χ3v) is 15.7. The Labute approximate surface area is 245 Å². The molecule has 2 aliphatic heterocycles. The second-order valence-electron chi connectivity index (χ2n) is 12.6. The van der Waals surface area contributed by atoms with Gasteiger partial charge >= 0.3 is 0 Å². The first-order chi connectivity index (χ1) is 19.9. The summed E-state index contributed by atoms with van der Waals surface area (Å²) in [7, 11) is -7.71. The molecule has 2 saturated carbocycles. The van der Waals surface area contributed by atoms with Gasteiger partial charge in [0, 0.05) is 27.7 Å². The highest BCUT2D eigenvalue weighted by molar-refractivity contribution is 7.90. The first-order valence-electron chi connectivity index (χ1n) is 14.2. The van der Waals surface area contributed by atoms with Crippen LogP contribution in [0.4, 0.5) is 5.69 Å². The summed E-state index contributed by atoms with van der Waals surface area (Å²) in [5.41, 5.74) is -0.711. The van der Waals surface area contributed by atoms with Crippen molar-refractivity contribution >= 4 is 39.5 Å². The number of nitro groups is 1. The Hall–Kier alpha value is -3.33. The maximum Gasteiger partial charge on any atom is 0.274 e. The number of fused-ring (bicyclic) bond motifs is 1. The number of rotatable bonds is 6. The minimum Gasteiger partial charge on any atom is -0.296 e. The summed E-state index contributed by atoms with van der Waals surface area (Å²) in [5, 5.41) is 13.1. The predicted octanol–water partition coefficient (Wildman–Crippen LogP) is 4.62. The maximum atomic E-state index is 15.4. The molecule has 4 aliphatic rings. The number of carbonyl (C=O) groups excluding carboxylic acids is 1. The Morgan fingerprint density at radius 1 is 0.952 bits per heavy atom. The molecule has 4 fully saturated rings. The number of hydrogen-bond donors (Lipinski definition) is 0. The zero-order valence-electron chi connectivity index (χ0n) is 23.4. The lowest BCUT2D eigenvalue weighted by Gasteiger charge is -2.37. The number of nitro benzene ring substituents is 1. The van der Waals surface area contributed by atoms with Crippen molar-refractivity contribution in [3.63, 3.8) is 0 Å². The first-order valence-corrected chi connectivity index (χ1v) is 17.5. The molecule has 0 aromatic heterocycles. The summed E-state index contributed by atoms with van der Waals surface area (Å²) in [6.45, 7) is 4.24. The minimum absolute atomic E-state index is 0.0855. The average molecular weight is 606 g/mol. The molecule has 6 atom stereocenters. The van der Waals surface area contributed by atoms with E-state index in [0.29, 0.717) is 22.9 Å². The summed E-state index contributed by atoms with van der Waals surface area (Å²) in [5.74, 6) is -0.414. The summed E-state index contributed by atoms with van der Waals surface area (Å²) in [6, 6.07) is 21.1. The van der Waals surface area contributed by atoms with Gasteiger partial charge in [-0.05, 0) is 54.9 Å². The molecular formula is C31H32N3O6PS. The third-order valence-electron chi connectivity index (χ3n) is 10.7. The Bertz CT molecular complexity index is 1720. The van der Waals surface area contributed by atoms with E-state index in [4.69, 9.17) is 0 Å². The van der Waals surface area contributed by atoms with Gasteiger partial charge in [-0.3, -0.25) is 19.5 Å². The summed E-state index contributed by atoms with van der Waals surface area (Å²) >= 11 is 0. The number of carbonyl (C=O) groups is 1. The van der Waals surface area contributed by atoms with Crippen molar-refractivity contribution in [3.8, 4) is 0 Å². The average Bonchev–Trinajstić information content (AvgIpc) is 3.56. The molecule has 3 aromatic carbocycles. The molecule has 7 rings (SSSR count). The van der Waals surface area contributed by atoms with Crippen LogP contribution in [0.5, 0.6) is 0 Å². The van der Waals surface area contributed by atoms with Gasteiger partial charge in [-0.1, -0.05) is 68.4 Å². The van der Waals surface area contributed by atoms with Gasteiger partial charge in [-0.25, -0.2) is 17.4 Å². The van der Waals surface area contributed by atoms with Gasteiger partial charge in [0.05, 0.1) is 22.8 Å². The molecule has 42 heavy (non-hydrogen) atoms. The SMILES string of the molecule is CC1(C)[C@H]2CC[C@@]13CS(=O)(=O)N(C(=O)[C@H]1[C@@H](c4ccccc4[N+](=O)[O-])N1P(=O)(c1ccccc1)c1ccccc1)[C@H]3C2. The zero-order chi connectivity index (χ0) is 29.7. The molecule has 2 aliphatic carbocycles. The number of sulfonamides is 1. The van der Waals surface area contributed by atoms with E-state index in [-0.39, 0.29) is 22.4 Å². The molecule has 1 amide bonds. The van der Waals surface area contributed by atoms with Gasteiger partial charge in [0.15, 0.2) is 0 Å². The van der Waals surface area contributed by atoms with Crippen LogP contribution in [0.3, 0.4) is 0 Å². The molecule has 1 spiro atoms. The molecule has 2 bridgehead atoms. The van der Waals surface area contributed by atoms with Crippen molar-refractivity contribution in [1.82, 2.24) is 8.98 Å². The van der Waals surface area contributed by atoms with Crippen molar-refractivity contribution in [2.45, 2.75) is 51.2 Å². The second-order valence-corrected chi connectivity index (χ2v) is 17.1. The monoisotopic (exact) mass is 605 g/mol. The Morgan fingerprint density at radius 2 is 1.52 bits per heavy atom. The minimum atomic E-state index is -3.96. The van der Waals surface area contributed by atoms with Gasteiger partial charge in [-0.2, -0.15) is 0 Å². The number of amides is 1. The van der Waals surface area contributed by atoms with Crippen molar-refractivity contribution in [2.75, 3.05) is 5.75 Å². The predicted molar refractivity (Wildman–Crippen MR) is 159 cm³/mol. The standard InChI is InChI=1S/C31H32N3O6PS/c1-30(2)21-17-18-31(30)20-42(39,40)33(26(31)19-21)29(35)28-27(24-15-9-10-16-25(24)34(36)37)32(28)41(38,22-11-5-3-6-12-22)23-13-7-4-8-14-23/h3-16,21,26-28H,17-20H2,1-2H3/t21-,26-,27+,28+,31-,32?/m0/s1. The fourth-order valence-corrected chi connectivity index (χ4v) is 14.1. The first kappa shape index (κ1) is 27.5. The topological polar surface area (TPSA) is 118 Å². The van der Waals surface area contributed by atoms with Crippen molar-refractivity contribution in [3.05, 3.63) is 101 Å². The van der Waals surface area contributed by atoms with Gasteiger partial charge < -0.3 is 0 Å². The molecule has 218 valence electrons. The van der Waals surface area contributed by atoms with E-state index < -0.39 is 51.7 Å². The number of hydrogen-bond acceptors (Lipinski definition) is 6. The fourth-order valence-electron chi connectivity index (χ4n) is 8.42. The molecule has 2 saturated heterocycles. The van der Waals surface area contributed by atoms with E-state index in [2.05, 4.69) is 13.8 Å². The molecule has 11 heteroatoms. The normalized spacial score (nSPS) is 32.0. The quantitative estimate of drug-likeness (QED) is 0.174. The number of para-hydroxylation sites is 1. The maximum absolute atomic E-state index is 15.4. The highest BCUT2D eigenvalue weighted by Gasteiger charge is 2.74. The lowest BCUT2D eigenvalue weighted by molar-refractivity contribution is -0.385. The van der Waals surface area contributed by atoms with Crippen LogP contribution < -0.4 is 10.6 Å². The highest BCUT2D eigenvalue weighted by atomic mass is 32.2. The Morgan fingerprint density at radius 3 is 2.10 bits per heavy atom. The summed E-state index contributed by atoms with van der Waals surface area (Å²) < 4.78 is 45.8. The van der Waals surface area contributed by atoms with E-state index in [1.54, 1.807) is 83.5 Å². The molecule has 0 N–H and O–H groups in total. The van der Waals surface area contributed by atoms with E-state index >= 15 is 4.57 Å². The van der Waals surface area contributed by atoms with Crippen LogP contribution in [0.15, 0.2) is 84.9 Å². The fraction of sp³-hybridized carbons (Fsp3) is 0.387. The molecule has 2 heterocycles. The van der Waals surface area contributed by atoms with Crippen molar-refractivity contribution in [1.29, 1.82) is 0 Å². The molecule has 1 unspecified atom stereocenters. The number of nitrogens with zero attached hydrogens (tertiary/aromatic N) is 3. The summed E-state index contributed by atoms with van der Waals surface area (Å²) in [6.07, 6.45) is 2.29. The number of benzene rings is 3. The lowest BCUT2D eigenvalue weighted by atomic mass is 9.69. The second kappa shape index (κ2) is 9.09. The van der Waals surface area contributed by atoms with E-state index in [1.807, 2.05) is 0 Å². The van der Waals surface area contributed by atoms with Crippen LogP contribution in [0.25, 0.3) is 0 Å². The van der Waals surface area contributed by atoms with Gasteiger partial charge in [-0.15, -0.1) is 0 Å².